The van der Waals surface area contributed by atoms with Gasteiger partial charge in [0.25, 0.3) is 0 Å². The quantitative estimate of drug-likeness (QED) is 0.299. The van der Waals surface area contributed by atoms with E-state index in [1.54, 1.807) is 21.9 Å². The molecule has 1 aliphatic rings. The third-order valence-corrected chi connectivity index (χ3v) is 6.70. The van der Waals surface area contributed by atoms with Crippen molar-refractivity contribution in [3.05, 3.63) is 102 Å². The number of ether oxygens (including phenoxy) is 1. The van der Waals surface area contributed by atoms with Crippen molar-refractivity contribution in [3.8, 4) is 22.4 Å². The summed E-state index contributed by atoms with van der Waals surface area (Å²) in [4.78, 5) is 21.5. The minimum Gasteiger partial charge on any atom is -0.450 e. The van der Waals surface area contributed by atoms with Crippen molar-refractivity contribution in [1.29, 1.82) is 0 Å². The fraction of sp³-hybridized carbons (Fsp3) is 0.267. The molecule has 3 aromatic carbocycles. The predicted molar refractivity (Wildman–Crippen MR) is 140 cm³/mol. The van der Waals surface area contributed by atoms with Gasteiger partial charge in [-0.25, -0.2) is 9.18 Å². The topological polar surface area (TPSA) is 56.6 Å². The zero-order valence-corrected chi connectivity index (χ0v) is 20.8. The molecule has 0 bridgehead atoms. The SMILES string of the molecule is CCOC(=O)N1CCC(c2cn(OCc3ccccc3)nc2-c2cccc(-c3ccc(F)cc3)c2)CC1. The van der Waals surface area contributed by atoms with Gasteiger partial charge < -0.3 is 14.5 Å². The molecular formula is C30H30FN3O3. The molecule has 0 N–H and O–H groups in total. The first-order chi connectivity index (χ1) is 18.1. The van der Waals surface area contributed by atoms with E-state index in [2.05, 4.69) is 6.07 Å². The van der Waals surface area contributed by atoms with Crippen LogP contribution >= 0.6 is 0 Å². The van der Waals surface area contributed by atoms with Crippen molar-refractivity contribution in [1.82, 2.24) is 14.8 Å². The smallest absolute Gasteiger partial charge is 0.409 e. The zero-order chi connectivity index (χ0) is 25.6. The highest BCUT2D eigenvalue weighted by Gasteiger charge is 2.28. The standard InChI is InChI=1S/C30H30FN3O3/c1-2-36-30(35)33-17-15-24(16-18-33)28-20-34(37-21-22-7-4-3-5-8-22)32-29(28)26-10-6-9-25(19-26)23-11-13-27(31)14-12-23/h3-14,19-20,24H,2,15-18,21H2,1H3. The molecule has 6 nitrogen and oxygen atoms in total. The summed E-state index contributed by atoms with van der Waals surface area (Å²) in [6, 6.07) is 24.6. The molecule has 0 atom stereocenters. The number of likely N-dealkylation sites (tertiary alicyclic amines) is 1. The maximum atomic E-state index is 13.5. The monoisotopic (exact) mass is 499 g/mol. The number of benzene rings is 3. The summed E-state index contributed by atoms with van der Waals surface area (Å²) >= 11 is 0. The summed E-state index contributed by atoms with van der Waals surface area (Å²) in [6.07, 6.45) is 3.34. The molecule has 7 heteroatoms. The summed E-state index contributed by atoms with van der Waals surface area (Å²) in [5.41, 5.74) is 5.89. The molecule has 0 spiro atoms. The van der Waals surface area contributed by atoms with Crippen molar-refractivity contribution in [3.63, 3.8) is 0 Å². The molecule has 1 aliphatic heterocycles. The van der Waals surface area contributed by atoms with E-state index in [0.29, 0.717) is 26.3 Å². The van der Waals surface area contributed by atoms with Gasteiger partial charge in [0, 0.05) is 24.2 Å². The number of carbonyl (C=O) groups excluding carboxylic acids is 1. The Balaban J connectivity index is 1.43. The molecule has 1 fully saturated rings. The van der Waals surface area contributed by atoms with Gasteiger partial charge in [-0.15, -0.1) is 9.94 Å². The second kappa shape index (κ2) is 11.3. The number of nitrogens with zero attached hydrogens (tertiary/aromatic N) is 3. The van der Waals surface area contributed by atoms with Crippen molar-refractivity contribution < 1.29 is 18.8 Å². The van der Waals surface area contributed by atoms with Crippen LogP contribution in [0.1, 0.15) is 36.8 Å². The Morgan fingerprint density at radius 2 is 1.68 bits per heavy atom. The second-order valence-corrected chi connectivity index (χ2v) is 9.14. The van der Waals surface area contributed by atoms with Gasteiger partial charge in [0.05, 0.1) is 18.5 Å². The van der Waals surface area contributed by atoms with E-state index in [9.17, 15) is 9.18 Å². The maximum absolute atomic E-state index is 13.5. The lowest BCUT2D eigenvalue weighted by molar-refractivity contribution is 0.0700. The van der Waals surface area contributed by atoms with E-state index in [-0.39, 0.29) is 17.8 Å². The van der Waals surface area contributed by atoms with Gasteiger partial charge in [-0.1, -0.05) is 60.7 Å². The van der Waals surface area contributed by atoms with Crippen LogP contribution in [0.5, 0.6) is 0 Å². The van der Waals surface area contributed by atoms with Crippen LogP contribution in [0.15, 0.2) is 85.1 Å². The highest BCUT2D eigenvalue weighted by Crippen LogP contribution is 2.36. The molecule has 2 heterocycles. The Kier molecular flexibility index (Phi) is 7.49. The van der Waals surface area contributed by atoms with Crippen LogP contribution in [0, 0.1) is 5.82 Å². The highest BCUT2D eigenvalue weighted by atomic mass is 19.1. The summed E-state index contributed by atoms with van der Waals surface area (Å²) in [6.45, 7) is 3.86. The van der Waals surface area contributed by atoms with Crippen LogP contribution in [-0.2, 0) is 11.3 Å². The molecule has 1 saturated heterocycles. The van der Waals surface area contributed by atoms with Crippen molar-refractivity contribution in [2.45, 2.75) is 32.3 Å². The molecule has 5 rings (SSSR count). The third-order valence-electron chi connectivity index (χ3n) is 6.70. The minimum absolute atomic E-state index is 0.226. The Labute approximate surface area is 216 Å². The lowest BCUT2D eigenvalue weighted by atomic mass is 9.88. The fourth-order valence-electron chi connectivity index (χ4n) is 4.75. The van der Waals surface area contributed by atoms with E-state index >= 15 is 0 Å². The normalized spacial score (nSPS) is 13.9. The largest absolute Gasteiger partial charge is 0.450 e. The van der Waals surface area contributed by atoms with Crippen LogP contribution in [0.3, 0.4) is 0 Å². The van der Waals surface area contributed by atoms with Crippen LogP contribution in [0.25, 0.3) is 22.4 Å². The summed E-state index contributed by atoms with van der Waals surface area (Å²) in [5, 5.41) is 4.83. The number of hydrogen-bond acceptors (Lipinski definition) is 4. The molecular weight excluding hydrogens is 469 g/mol. The fourth-order valence-corrected chi connectivity index (χ4v) is 4.75. The number of amides is 1. The lowest BCUT2D eigenvalue weighted by Gasteiger charge is -2.31. The average Bonchev–Trinajstić information content (AvgIpc) is 3.38. The van der Waals surface area contributed by atoms with Crippen LogP contribution in [0.4, 0.5) is 9.18 Å². The minimum atomic E-state index is -0.259. The summed E-state index contributed by atoms with van der Waals surface area (Å²) in [7, 11) is 0. The third kappa shape index (κ3) is 5.82. The van der Waals surface area contributed by atoms with Gasteiger partial charge in [-0.3, -0.25) is 0 Å². The van der Waals surface area contributed by atoms with Gasteiger partial charge >= 0.3 is 6.09 Å². The van der Waals surface area contributed by atoms with Crippen LogP contribution < -0.4 is 4.84 Å². The molecule has 190 valence electrons. The van der Waals surface area contributed by atoms with Crippen LogP contribution in [0.2, 0.25) is 0 Å². The Morgan fingerprint density at radius 1 is 0.946 bits per heavy atom. The Hall–Kier alpha value is -4.13. The van der Waals surface area contributed by atoms with Gasteiger partial charge in [0.15, 0.2) is 0 Å². The predicted octanol–water partition coefficient (Wildman–Crippen LogP) is 6.32. The van der Waals surface area contributed by atoms with E-state index in [1.165, 1.54) is 12.1 Å². The lowest BCUT2D eigenvalue weighted by Crippen LogP contribution is -2.38. The van der Waals surface area contributed by atoms with Crippen molar-refractivity contribution in [2.24, 2.45) is 0 Å². The van der Waals surface area contributed by atoms with E-state index in [0.717, 1.165) is 46.4 Å². The number of piperidine rings is 1. The molecule has 1 aromatic heterocycles. The maximum Gasteiger partial charge on any atom is 0.409 e. The number of aromatic nitrogens is 2. The first-order valence-corrected chi connectivity index (χ1v) is 12.7. The van der Waals surface area contributed by atoms with E-state index in [4.69, 9.17) is 14.7 Å². The zero-order valence-electron chi connectivity index (χ0n) is 20.8. The van der Waals surface area contributed by atoms with E-state index < -0.39 is 0 Å². The summed E-state index contributed by atoms with van der Waals surface area (Å²) < 4.78 is 18.6. The first-order valence-electron chi connectivity index (χ1n) is 12.7. The van der Waals surface area contributed by atoms with Crippen molar-refractivity contribution in [2.75, 3.05) is 19.7 Å². The molecule has 1 amide bonds. The van der Waals surface area contributed by atoms with Gasteiger partial charge in [0.1, 0.15) is 12.4 Å². The average molecular weight is 500 g/mol. The number of hydrogen-bond donors (Lipinski definition) is 0. The molecule has 0 unspecified atom stereocenters. The molecule has 0 radical (unpaired) electrons. The summed E-state index contributed by atoms with van der Waals surface area (Å²) in [5.74, 6) is -0.0325. The van der Waals surface area contributed by atoms with Crippen LogP contribution in [-0.4, -0.2) is 40.6 Å². The molecule has 0 aliphatic carbocycles. The first kappa shape index (κ1) is 24.6. The Morgan fingerprint density at radius 3 is 2.41 bits per heavy atom. The number of halogens is 1. The molecule has 4 aromatic rings. The van der Waals surface area contributed by atoms with Gasteiger partial charge in [0.2, 0.25) is 0 Å². The number of carbonyl (C=O) groups is 1. The highest BCUT2D eigenvalue weighted by molar-refractivity contribution is 5.73. The Bertz CT molecular complexity index is 1330. The number of rotatable bonds is 7. The second-order valence-electron chi connectivity index (χ2n) is 9.14. The molecule has 0 saturated carbocycles. The molecule has 37 heavy (non-hydrogen) atoms. The van der Waals surface area contributed by atoms with Gasteiger partial charge in [-0.05, 0) is 60.6 Å². The van der Waals surface area contributed by atoms with E-state index in [1.807, 2.05) is 61.7 Å². The van der Waals surface area contributed by atoms with Gasteiger partial charge in [-0.2, -0.15) is 0 Å². The van der Waals surface area contributed by atoms with Crippen molar-refractivity contribution >= 4 is 6.09 Å².